The summed E-state index contributed by atoms with van der Waals surface area (Å²) in [6.45, 7) is 11.0. The molecule has 0 saturated carbocycles. The minimum Gasteiger partial charge on any atom is -0.467 e. The van der Waals surface area contributed by atoms with Gasteiger partial charge in [0.25, 0.3) is 0 Å². The van der Waals surface area contributed by atoms with E-state index in [4.69, 9.17) is 9.15 Å². The van der Waals surface area contributed by atoms with E-state index in [0.717, 1.165) is 12.3 Å². The Labute approximate surface area is 116 Å². The molecule has 4 nitrogen and oxygen atoms in total. The number of aliphatic hydroxyl groups is 1. The number of hydrogen-bond acceptors (Lipinski definition) is 4. The second kappa shape index (κ2) is 7.68. The summed E-state index contributed by atoms with van der Waals surface area (Å²) in [6, 6.07) is 3.68. The average molecular weight is 269 g/mol. The second-order valence-electron chi connectivity index (χ2n) is 6.02. The van der Waals surface area contributed by atoms with Gasteiger partial charge in [-0.05, 0) is 23.5 Å². The lowest BCUT2D eigenvalue weighted by molar-refractivity contribution is 0.0213. The number of furan rings is 1. The van der Waals surface area contributed by atoms with Gasteiger partial charge in [0.05, 0.1) is 19.0 Å². The molecule has 0 fully saturated rings. The molecule has 0 bridgehead atoms. The summed E-state index contributed by atoms with van der Waals surface area (Å²) in [6.07, 6.45) is 1.13. The van der Waals surface area contributed by atoms with E-state index in [2.05, 4.69) is 33.0 Å². The highest BCUT2D eigenvalue weighted by Crippen LogP contribution is 2.24. The Hall–Kier alpha value is -0.840. The Kier molecular flexibility index (Phi) is 6.55. The maximum atomic E-state index is 9.80. The van der Waals surface area contributed by atoms with Crippen molar-refractivity contribution < 1.29 is 14.3 Å². The zero-order valence-electron chi connectivity index (χ0n) is 12.5. The average Bonchev–Trinajstić information content (AvgIpc) is 2.81. The van der Waals surface area contributed by atoms with Crippen molar-refractivity contribution in [2.75, 3.05) is 19.7 Å². The molecule has 1 atom stereocenters. The highest BCUT2D eigenvalue weighted by molar-refractivity contribution is 4.96. The highest BCUT2D eigenvalue weighted by atomic mass is 16.5. The van der Waals surface area contributed by atoms with Crippen LogP contribution in [0.2, 0.25) is 0 Å². The van der Waals surface area contributed by atoms with Gasteiger partial charge < -0.3 is 19.6 Å². The van der Waals surface area contributed by atoms with Gasteiger partial charge in [0.1, 0.15) is 12.4 Å². The molecule has 4 heteroatoms. The SMILES string of the molecule is CC(C)C(C)(C)CNCC(O)COCc1ccco1. The highest BCUT2D eigenvalue weighted by Gasteiger charge is 2.21. The summed E-state index contributed by atoms with van der Waals surface area (Å²) >= 11 is 0. The quantitative estimate of drug-likeness (QED) is 0.723. The molecule has 0 spiro atoms. The van der Waals surface area contributed by atoms with Gasteiger partial charge in [-0.15, -0.1) is 0 Å². The summed E-state index contributed by atoms with van der Waals surface area (Å²) < 4.78 is 10.5. The summed E-state index contributed by atoms with van der Waals surface area (Å²) in [4.78, 5) is 0. The third kappa shape index (κ3) is 6.23. The molecule has 19 heavy (non-hydrogen) atoms. The molecular weight excluding hydrogens is 242 g/mol. The summed E-state index contributed by atoms with van der Waals surface area (Å²) in [5.74, 6) is 1.38. The van der Waals surface area contributed by atoms with Crippen LogP contribution in [0.25, 0.3) is 0 Å². The van der Waals surface area contributed by atoms with Gasteiger partial charge in [0.15, 0.2) is 0 Å². The fourth-order valence-corrected chi connectivity index (χ4v) is 1.51. The second-order valence-corrected chi connectivity index (χ2v) is 6.02. The molecular formula is C15H27NO3. The first kappa shape index (κ1) is 16.2. The van der Waals surface area contributed by atoms with Gasteiger partial charge >= 0.3 is 0 Å². The number of nitrogens with one attached hydrogen (secondary N) is 1. The molecule has 0 amide bonds. The topological polar surface area (TPSA) is 54.6 Å². The van der Waals surface area contributed by atoms with Crippen LogP contribution in [0.5, 0.6) is 0 Å². The van der Waals surface area contributed by atoms with Crippen molar-refractivity contribution in [3.63, 3.8) is 0 Å². The predicted octanol–water partition coefficient (Wildman–Crippen LogP) is 2.43. The van der Waals surface area contributed by atoms with Crippen molar-refractivity contribution in [2.45, 2.75) is 40.4 Å². The third-order valence-corrected chi connectivity index (χ3v) is 3.66. The van der Waals surface area contributed by atoms with Crippen molar-refractivity contribution >= 4 is 0 Å². The summed E-state index contributed by atoms with van der Waals surface area (Å²) in [5.41, 5.74) is 0.231. The van der Waals surface area contributed by atoms with Crippen LogP contribution < -0.4 is 5.32 Å². The van der Waals surface area contributed by atoms with Gasteiger partial charge in [-0.25, -0.2) is 0 Å². The molecule has 0 saturated heterocycles. The number of hydrogen-bond donors (Lipinski definition) is 2. The van der Waals surface area contributed by atoms with Crippen molar-refractivity contribution in [3.8, 4) is 0 Å². The predicted molar refractivity (Wildman–Crippen MR) is 75.9 cm³/mol. The summed E-state index contributed by atoms with van der Waals surface area (Å²) in [7, 11) is 0. The number of rotatable bonds is 9. The van der Waals surface area contributed by atoms with Crippen LogP contribution >= 0.6 is 0 Å². The van der Waals surface area contributed by atoms with Crippen LogP contribution in [0, 0.1) is 11.3 Å². The van der Waals surface area contributed by atoms with E-state index in [9.17, 15) is 5.11 Å². The van der Waals surface area contributed by atoms with E-state index in [-0.39, 0.29) is 5.41 Å². The van der Waals surface area contributed by atoms with Gasteiger partial charge in [0, 0.05) is 13.1 Å². The van der Waals surface area contributed by atoms with Gasteiger partial charge in [-0.1, -0.05) is 27.7 Å². The minimum absolute atomic E-state index is 0.231. The lowest BCUT2D eigenvalue weighted by Gasteiger charge is -2.30. The van der Waals surface area contributed by atoms with Crippen LogP contribution in [0.4, 0.5) is 0 Å². The lowest BCUT2D eigenvalue weighted by Crippen LogP contribution is -2.38. The smallest absolute Gasteiger partial charge is 0.129 e. The van der Waals surface area contributed by atoms with E-state index in [1.54, 1.807) is 6.26 Å². The molecule has 110 valence electrons. The Morgan fingerprint density at radius 2 is 2.16 bits per heavy atom. The van der Waals surface area contributed by atoms with E-state index >= 15 is 0 Å². The monoisotopic (exact) mass is 269 g/mol. The van der Waals surface area contributed by atoms with E-state index in [1.165, 1.54) is 0 Å². The molecule has 0 radical (unpaired) electrons. The molecule has 0 aliphatic heterocycles. The lowest BCUT2D eigenvalue weighted by atomic mass is 9.81. The van der Waals surface area contributed by atoms with Crippen molar-refractivity contribution in [2.24, 2.45) is 11.3 Å². The first-order valence-corrected chi connectivity index (χ1v) is 6.90. The first-order chi connectivity index (χ1) is 8.92. The van der Waals surface area contributed by atoms with Crippen LogP contribution in [0.3, 0.4) is 0 Å². The zero-order valence-corrected chi connectivity index (χ0v) is 12.5. The van der Waals surface area contributed by atoms with E-state index in [0.29, 0.717) is 25.7 Å². The maximum Gasteiger partial charge on any atom is 0.129 e. The fraction of sp³-hybridized carbons (Fsp3) is 0.733. The molecule has 1 aromatic rings. The van der Waals surface area contributed by atoms with Crippen LogP contribution in [0.15, 0.2) is 22.8 Å². The van der Waals surface area contributed by atoms with Crippen molar-refractivity contribution in [3.05, 3.63) is 24.2 Å². The molecule has 1 rings (SSSR count). The van der Waals surface area contributed by atoms with Crippen LogP contribution in [-0.2, 0) is 11.3 Å². The van der Waals surface area contributed by atoms with Crippen LogP contribution in [0.1, 0.15) is 33.5 Å². The van der Waals surface area contributed by atoms with Crippen molar-refractivity contribution in [1.29, 1.82) is 0 Å². The normalized spacial score (nSPS) is 14.0. The van der Waals surface area contributed by atoms with Crippen LogP contribution in [-0.4, -0.2) is 30.9 Å². The summed E-state index contributed by atoms with van der Waals surface area (Å²) in [5, 5.41) is 13.1. The molecule has 1 heterocycles. The molecule has 2 N–H and O–H groups in total. The number of ether oxygens (including phenoxy) is 1. The fourth-order valence-electron chi connectivity index (χ4n) is 1.51. The Bertz CT molecular complexity index is 333. The van der Waals surface area contributed by atoms with Gasteiger partial charge in [0.2, 0.25) is 0 Å². The third-order valence-electron chi connectivity index (χ3n) is 3.66. The van der Waals surface area contributed by atoms with Crippen molar-refractivity contribution in [1.82, 2.24) is 5.32 Å². The molecule has 0 aromatic carbocycles. The number of aliphatic hydroxyl groups excluding tert-OH is 1. The van der Waals surface area contributed by atoms with Gasteiger partial charge in [-0.3, -0.25) is 0 Å². The zero-order chi connectivity index (χ0) is 14.3. The van der Waals surface area contributed by atoms with E-state index in [1.807, 2.05) is 12.1 Å². The first-order valence-electron chi connectivity index (χ1n) is 6.90. The largest absolute Gasteiger partial charge is 0.467 e. The standard InChI is InChI=1S/C15H27NO3/c1-12(2)15(3,4)11-16-8-13(17)9-18-10-14-6-5-7-19-14/h5-7,12-13,16-17H,8-11H2,1-4H3. The minimum atomic E-state index is -0.488. The molecule has 0 aliphatic rings. The molecule has 1 unspecified atom stereocenters. The Balaban J connectivity index is 2.09. The Morgan fingerprint density at radius 3 is 2.74 bits per heavy atom. The van der Waals surface area contributed by atoms with Gasteiger partial charge in [-0.2, -0.15) is 0 Å². The maximum absolute atomic E-state index is 9.80. The molecule has 0 aliphatic carbocycles. The molecule has 1 aromatic heterocycles. The van der Waals surface area contributed by atoms with E-state index < -0.39 is 6.10 Å². The Morgan fingerprint density at radius 1 is 1.42 bits per heavy atom.